The Kier molecular flexibility index (Phi) is 3.77. The second-order valence-corrected chi connectivity index (χ2v) is 6.26. The molecule has 4 nitrogen and oxygen atoms in total. The Labute approximate surface area is 142 Å². The first-order chi connectivity index (χ1) is 12.0. The van der Waals surface area contributed by atoms with Crippen molar-refractivity contribution in [3.05, 3.63) is 59.7 Å². The summed E-state index contributed by atoms with van der Waals surface area (Å²) in [7, 11) is 0. The van der Waals surface area contributed by atoms with Crippen molar-refractivity contribution < 1.29 is 18.0 Å². The van der Waals surface area contributed by atoms with Gasteiger partial charge in [0.1, 0.15) is 11.6 Å². The molecule has 25 heavy (non-hydrogen) atoms. The van der Waals surface area contributed by atoms with Gasteiger partial charge in [-0.05, 0) is 42.3 Å². The first-order valence-electron chi connectivity index (χ1n) is 8.03. The predicted octanol–water partition coefficient (Wildman–Crippen LogP) is 3.44. The molecule has 3 aromatic rings. The fourth-order valence-electron chi connectivity index (χ4n) is 3.24. The Bertz CT molecular complexity index is 967. The molecule has 1 fully saturated rings. The molecule has 128 valence electrons. The number of hydrogen-bond acceptors (Lipinski definition) is 3. The lowest BCUT2D eigenvalue weighted by atomic mass is 10.0. The van der Waals surface area contributed by atoms with E-state index >= 15 is 0 Å². The summed E-state index contributed by atoms with van der Waals surface area (Å²) in [6.45, 7) is 1.18. The molecular weight excluding hydrogens is 326 g/mol. The molecule has 2 aromatic carbocycles. The maximum atomic E-state index is 14.4. The van der Waals surface area contributed by atoms with Crippen LogP contribution in [0.2, 0.25) is 0 Å². The Hall–Kier alpha value is -2.73. The quantitative estimate of drug-likeness (QED) is 0.790. The molecule has 2 N–H and O–H groups in total. The molecule has 1 saturated heterocycles. The predicted molar refractivity (Wildman–Crippen MR) is 89.6 cm³/mol. The van der Waals surface area contributed by atoms with E-state index in [1.54, 1.807) is 30.3 Å². The average Bonchev–Trinajstić information content (AvgIpc) is 2.96. The summed E-state index contributed by atoms with van der Waals surface area (Å²) in [5, 5.41) is 0.560. The summed E-state index contributed by atoms with van der Waals surface area (Å²) < 4.78 is 33.9. The van der Waals surface area contributed by atoms with E-state index in [1.807, 2.05) is 4.90 Å². The third kappa shape index (κ3) is 2.78. The standard InChI is InChI=1S/C19H16F2N2O2/c20-14-4-2-1-3-13(14)17-9-12-7-11(8-15(21)18(12)25-17)10-23-6-5-16(23)19(22)24/h1-4,7-9,16H,5-6,10H2,(H2,22,24)/t16-/m0/s1. The zero-order chi connectivity index (χ0) is 17.6. The summed E-state index contributed by atoms with van der Waals surface area (Å²) in [6, 6.07) is 10.7. The van der Waals surface area contributed by atoms with E-state index in [0.717, 1.165) is 18.5 Å². The molecule has 4 rings (SSSR count). The number of rotatable bonds is 4. The Morgan fingerprint density at radius 2 is 2.00 bits per heavy atom. The Morgan fingerprint density at radius 1 is 1.20 bits per heavy atom. The molecule has 1 aliphatic rings. The van der Waals surface area contributed by atoms with Crippen molar-refractivity contribution in [1.82, 2.24) is 4.90 Å². The third-order valence-electron chi connectivity index (χ3n) is 4.61. The molecule has 0 radical (unpaired) electrons. The van der Waals surface area contributed by atoms with Crippen LogP contribution in [0, 0.1) is 11.6 Å². The van der Waals surface area contributed by atoms with Gasteiger partial charge in [-0.1, -0.05) is 12.1 Å². The van der Waals surface area contributed by atoms with Gasteiger partial charge < -0.3 is 10.2 Å². The first-order valence-corrected chi connectivity index (χ1v) is 8.03. The lowest BCUT2D eigenvalue weighted by molar-refractivity contribution is -0.127. The summed E-state index contributed by atoms with van der Waals surface area (Å²) >= 11 is 0. The zero-order valence-electron chi connectivity index (χ0n) is 13.3. The normalized spacial score (nSPS) is 17.6. The minimum atomic E-state index is -0.508. The summed E-state index contributed by atoms with van der Waals surface area (Å²) in [6.07, 6.45) is 0.725. The van der Waals surface area contributed by atoms with Crippen LogP contribution < -0.4 is 5.73 Å². The van der Waals surface area contributed by atoms with Crippen molar-refractivity contribution in [2.45, 2.75) is 19.0 Å². The van der Waals surface area contributed by atoms with Crippen LogP contribution in [0.15, 0.2) is 46.9 Å². The molecule has 6 heteroatoms. The molecule has 1 amide bonds. The maximum absolute atomic E-state index is 14.4. The number of fused-ring (bicyclic) bond motifs is 1. The lowest BCUT2D eigenvalue weighted by Crippen LogP contribution is -2.54. The van der Waals surface area contributed by atoms with Crippen molar-refractivity contribution in [1.29, 1.82) is 0 Å². The minimum absolute atomic E-state index is 0.0945. The highest BCUT2D eigenvalue weighted by atomic mass is 19.1. The second kappa shape index (κ2) is 5.97. The molecule has 0 aliphatic carbocycles. The van der Waals surface area contributed by atoms with Crippen LogP contribution >= 0.6 is 0 Å². The topological polar surface area (TPSA) is 59.5 Å². The number of halogens is 2. The van der Waals surface area contributed by atoms with Gasteiger partial charge in [-0.25, -0.2) is 8.78 Å². The minimum Gasteiger partial charge on any atom is -0.453 e. The number of nitrogens with zero attached hydrogens (tertiary/aromatic N) is 1. The van der Waals surface area contributed by atoms with Gasteiger partial charge in [0, 0.05) is 18.5 Å². The monoisotopic (exact) mass is 342 g/mol. The van der Waals surface area contributed by atoms with Gasteiger partial charge in [-0.3, -0.25) is 9.69 Å². The van der Waals surface area contributed by atoms with E-state index in [1.165, 1.54) is 12.1 Å². The number of furan rings is 1. The number of primary amides is 1. The van der Waals surface area contributed by atoms with E-state index in [4.69, 9.17) is 10.2 Å². The molecule has 0 saturated carbocycles. The molecule has 1 aromatic heterocycles. The number of likely N-dealkylation sites (tertiary alicyclic amines) is 1. The van der Waals surface area contributed by atoms with Crippen LogP contribution in [0.1, 0.15) is 12.0 Å². The van der Waals surface area contributed by atoms with Gasteiger partial charge in [-0.2, -0.15) is 0 Å². The number of hydrogen-bond donors (Lipinski definition) is 1. The molecule has 0 spiro atoms. The van der Waals surface area contributed by atoms with Crippen LogP contribution in [0.4, 0.5) is 8.78 Å². The number of benzene rings is 2. The van der Waals surface area contributed by atoms with Crippen molar-refractivity contribution in [3.63, 3.8) is 0 Å². The van der Waals surface area contributed by atoms with Crippen molar-refractivity contribution in [3.8, 4) is 11.3 Å². The summed E-state index contributed by atoms with van der Waals surface area (Å²) in [5.41, 5.74) is 6.44. The van der Waals surface area contributed by atoms with Gasteiger partial charge in [0.2, 0.25) is 5.91 Å². The maximum Gasteiger partial charge on any atom is 0.234 e. The Morgan fingerprint density at radius 3 is 2.68 bits per heavy atom. The number of carbonyl (C=O) groups is 1. The molecule has 1 aliphatic heterocycles. The zero-order valence-corrected chi connectivity index (χ0v) is 13.3. The van der Waals surface area contributed by atoms with Crippen LogP contribution in [0.3, 0.4) is 0 Å². The van der Waals surface area contributed by atoms with Crippen LogP contribution in [-0.2, 0) is 11.3 Å². The van der Waals surface area contributed by atoms with Crippen molar-refractivity contribution >= 4 is 16.9 Å². The van der Waals surface area contributed by atoms with E-state index in [-0.39, 0.29) is 28.9 Å². The van der Waals surface area contributed by atoms with Crippen LogP contribution in [0.5, 0.6) is 0 Å². The lowest BCUT2D eigenvalue weighted by Gasteiger charge is -2.38. The average molecular weight is 342 g/mol. The van der Waals surface area contributed by atoms with Gasteiger partial charge in [0.05, 0.1) is 11.6 Å². The first kappa shape index (κ1) is 15.8. The summed E-state index contributed by atoms with van der Waals surface area (Å²) in [5.74, 6) is -1.01. The van der Waals surface area contributed by atoms with Crippen molar-refractivity contribution in [2.75, 3.05) is 6.54 Å². The molecule has 1 atom stereocenters. The highest BCUT2D eigenvalue weighted by Crippen LogP contribution is 2.32. The number of amides is 1. The van der Waals surface area contributed by atoms with E-state index in [9.17, 15) is 13.6 Å². The fraction of sp³-hybridized carbons (Fsp3) is 0.211. The molecular formula is C19H16F2N2O2. The third-order valence-corrected chi connectivity index (χ3v) is 4.61. The van der Waals surface area contributed by atoms with Crippen molar-refractivity contribution in [2.24, 2.45) is 5.73 Å². The van der Waals surface area contributed by atoms with Crippen LogP contribution in [-0.4, -0.2) is 23.4 Å². The number of nitrogens with two attached hydrogens (primary N) is 1. The van der Waals surface area contributed by atoms with Gasteiger partial charge in [0.25, 0.3) is 0 Å². The molecule has 0 bridgehead atoms. The molecule has 0 unspecified atom stereocenters. The number of carbonyl (C=O) groups excluding carboxylic acids is 1. The van der Waals surface area contributed by atoms with Gasteiger partial charge >= 0.3 is 0 Å². The van der Waals surface area contributed by atoms with E-state index in [2.05, 4.69) is 0 Å². The van der Waals surface area contributed by atoms with Crippen LogP contribution in [0.25, 0.3) is 22.3 Å². The van der Waals surface area contributed by atoms with E-state index < -0.39 is 11.6 Å². The molecule has 2 heterocycles. The highest BCUT2D eigenvalue weighted by molar-refractivity contribution is 5.84. The highest BCUT2D eigenvalue weighted by Gasteiger charge is 2.32. The SMILES string of the molecule is NC(=O)[C@@H]1CCN1Cc1cc(F)c2oc(-c3ccccc3F)cc2c1. The van der Waals surface area contributed by atoms with Gasteiger partial charge in [-0.15, -0.1) is 0 Å². The Balaban J connectivity index is 1.68. The fourth-order valence-corrected chi connectivity index (χ4v) is 3.24. The van der Waals surface area contributed by atoms with Gasteiger partial charge in [0.15, 0.2) is 11.4 Å². The smallest absolute Gasteiger partial charge is 0.234 e. The summed E-state index contributed by atoms with van der Waals surface area (Å²) in [4.78, 5) is 13.2. The van der Waals surface area contributed by atoms with E-state index in [0.29, 0.717) is 11.9 Å². The largest absolute Gasteiger partial charge is 0.453 e. The second-order valence-electron chi connectivity index (χ2n) is 6.26.